The fraction of sp³-hybridized carbons (Fsp3) is 0.421. The summed E-state index contributed by atoms with van der Waals surface area (Å²) in [6.45, 7) is 3.43. The Bertz CT molecular complexity index is 865. The number of anilines is 1. The van der Waals surface area contributed by atoms with Crippen LogP contribution in [0.1, 0.15) is 31.9 Å². The number of carbonyl (C=O) groups is 1. The van der Waals surface area contributed by atoms with Crippen LogP contribution in [-0.2, 0) is 21.4 Å². The van der Waals surface area contributed by atoms with Crippen molar-refractivity contribution in [3.63, 3.8) is 0 Å². The number of nitrogens with one attached hydrogen (secondary N) is 2. The molecule has 7 nitrogen and oxygen atoms in total. The lowest BCUT2D eigenvalue weighted by Crippen LogP contribution is -2.42. The molecule has 0 unspecified atom stereocenters. The second-order valence-electron chi connectivity index (χ2n) is 6.80. The summed E-state index contributed by atoms with van der Waals surface area (Å²) < 4.78 is 32.5. The van der Waals surface area contributed by atoms with Crippen LogP contribution >= 0.6 is 0 Å². The van der Waals surface area contributed by atoms with E-state index in [1.54, 1.807) is 24.3 Å². The molecule has 0 saturated carbocycles. The van der Waals surface area contributed by atoms with E-state index >= 15 is 0 Å². The molecule has 0 bridgehead atoms. The number of hydrogen-bond donors (Lipinski definition) is 2. The quantitative estimate of drug-likeness (QED) is 0.757. The predicted molar refractivity (Wildman–Crippen MR) is 103 cm³/mol. The summed E-state index contributed by atoms with van der Waals surface area (Å²) in [7, 11) is -3.70. The second kappa shape index (κ2) is 8.69. The predicted octanol–water partition coefficient (Wildman–Crippen LogP) is 2.57. The van der Waals surface area contributed by atoms with Crippen molar-refractivity contribution in [2.24, 2.45) is 0 Å². The number of nitrogens with zero attached hydrogens (tertiary/aromatic N) is 1. The lowest BCUT2D eigenvalue weighted by atomic mass is 10.0. The highest BCUT2D eigenvalue weighted by atomic mass is 32.2. The van der Waals surface area contributed by atoms with E-state index < -0.39 is 10.0 Å². The van der Waals surface area contributed by atoms with Crippen LogP contribution in [0.4, 0.5) is 5.69 Å². The van der Waals surface area contributed by atoms with Crippen LogP contribution in [-0.4, -0.2) is 38.4 Å². The molecule has 1 fully saturated rings. The van der Waals surface area contributed by atoms with Crippen LogP contribution in [0.3, 0.4) is 0 Å². The zero-order valence-electron chi connectivity index (χ0n) is 15.3. The van der Waals surface area contributed by atoms with Crippen molar-refractivity contribution in [3.05, 3.63) is 48.4 Å². The Hall–Kier alpha value is -2.16. The first-order valence-corrected chi connectivity index (χ1v) is 10.6. The minimum atomic E-state index is -3.70. The summed E-state index contributed by atoms with van der Waals surface area (Å²) in [6, 6.07) is 10.0. The first-order valence-electron chi connectivity index (χ1n) is 9.10. The first-order chi connectivity index (χ1) is 12.9. The number of sulfonamides is 1. The molecule has 2 N–H and O–H groups in total. The minimum absolute atomic E-state index is 0.0682. The lowest BCUT2D eigenvalue weighted by Gasteiger charge is -2.32. The van der Waals surface area contributed by atoms with Gasteiger partial charge in [0.2, 0.25) is 15.9 Å². The monoisotopic (exact) mass is 391 g/mol. The van der Waals surface area contributed by atoms with E-state index in [0.717, 1.165) is 19.4 Å². The van der Waals surface area contributed by atoms with Crippen LogP contribution in [0.25, 0.3) is 0 Å². The zero-order chi connectivity index (χ0) is 19.3. The number of piperidine rings is 1. The molecular formula is C19H25N3O4S. The Morgan fingerprint density at radius 1 is 1.26 bits per heavy atom. The van der Waals surface area contributed by atoms with E-state index in [-0.39, 0.29) is 17.3 Å². The highest BCUT2D eigenvalue weighted by molar-refractivity contribution is 7.89. The number of rotatable bonds is 7. The van der Waals surface area contributed by atoms with Gasteiger partial charge in [0.25, 0.3) is 0 Å². The number of benzene rings is 1. The maximum atomic E-state index is 12.5. The van der Waals surface area contributed by atoms with Gasteiger partial charge in [0.15, 0.2) is 0 Å². The number of likely N-dealkylation sites (tertiary alicyclic amines) is 1. The second-order valence-corrected chi connectivity index (χ2v) is 8.56. The third kappa shape index (κ3) is 5.41. The first kappa shape index (κ1) is 19.6. The molecule has 1 aromatic heterocycles. The van der Waals surface area contributed by atoms with Gasteiger partial charge in [-0.1, -0.05) is 12.5 Å². The Morgan fingerprint density at radius 3 is 2.85 bits per heavy atom. The Balaban J connectivity index is 1.61. The number of hydrogen-bond acceptors (Lipinski definition) is 5. The van der Waals surface area contributed by atoms with Crippen molar-refractivity contribution in [2.75, 3.05) is 18.4 Å². The molecule has 27 heavy (non-hydrogen) atoms. The van der Waals surface area contributed by atoms with Crippen LogP contribution in [0.5, 0.6) is 0 Å². The van der Waals surface area contributed by atoms with Gasteiger partial charge in [0, 0.05) is 11.7 Å². The van der Waals surface area contributed by atoms with Gasteiger partial charge in [-0.2, -0.15) is 0 Å². The van der Waals surface area contributed by atoms with Crippen LogP contribution < -0.4 is 10.0 Å². The van der Waals surface area contributed by atoms with Gasteiger partial charge in [0.05, 0.1) is 24.2 Å². The van der Waals surface area contributed by atoms with Crippen molar-refractivity contribution in [1.29, 1.82) is 0 Å². The number of furan rings is 1. The molecular weight excluding hydrogens is 366 g/mol. The van der Waals surface area contributed by atoms with Gasteiger partial charge in [-0.25, -0.2) is 13.1 Å². The van der Waals surface area contributed by atoms with E-state index in [9.17, 15) is 13.2 Å². The lowest BCUT2D eigenvalue weighted by molar-refractivity contribution is -0.118. The molecule has 0 aliphatic carbocycles. The molecule has 1 aliphatic rings. The molecule has 1 aromatic carbocycles. The van der Waals surface area contributed by atoms with E-state index in [0.29, 0.717) is 24.0 Å². The SMILES string of the molecule is C[C@H]1CCCCN1CC(=O)Nc1cccc(S(=O)(=O)NCc2ccco2)c1. The smallest absolute Gasteiger partial charge is 0.241 e. The fourth-order valence-electron chi connectivity index (χ4n) is 3.18. The van der Waals surface area contributed by atoms with Gasteiger partial charge in [-0.15, -0.1) is 0 Å². The summed E-state index contributed by atoms with van der Waals surface area (Å²) in [4.78, 5) is 14.6. The van der Waals surface area contributed by atoms with Gasteiger partial charge >= 0.3 is 0 Å². The third-order valence-electron chi connectivity index (χ3n) is 4.73. The van der Waals surface area contributed by atoms with E-state index in [1.165, 1.54) is 24.8 Å². The molecule has 1 saturated heterocycles. The van der Waals surface area contributed by atoms with Crippen molar-refractivity contribution >= 4 is 21.6 Å². The standard InChI is InChI=1S/C19H25N3O4S/c1-15-6-2-3-10-22(15)14-19(23)21-16-7-4-9-18(12-16)27(24,25)20-13-17-8-5-11-26-17/h4-5,7-9,11-12,15,20H,2-3,6,10,13-14H2,1H3,(H,21,23)/t15-/m0/s1. The molecule has 2 aromatic rings. The van der Waals surface area contributed by atoms with E-state index in [4.69, 9.17) is 4.42 Å². The van der Waals surface area contributed by atoms with Gasteiger partial charge in [-0.3, -0.25) is 9.69 Å². The summed E-state index contributed by atoms with van der Waals surface area (Å²) in [5, 5.41) is 2.80. The molecule has 1 aliphatic heterocycles. The largest absolute Gasteiger partial charge is 0.468 e. The van der Waals surface area contributed by atoms with Crippen LogP contribution in [0.2, 0.25) is 0 Å². The average molecular weight is 391 g/mol. The third-order valence-corrected chi connectivity index (χ3v) is 6.13. The van der Waals surface area contributed by atoms with Gasteiger partial charge in [-0.05, 0) is 56.6 Å². The summed E-state index contributed by atoms with van der Waals surface area (Å²) >= 11 is 0. The van der Waals surface area contributed by atoms with Crippen molar-refractivity contribution in [3.8, 4) is 0 Å². The molecule has 3 rings (SSSR count). The molecule has 1 atom stereocenters. The maximum absolute atomic E-state index is 12.5. The van der Waals surface area contributed by atoms with Crippen molar-refractivity contribution < 1.29 is 17.6 Å². The Morgan fingerprint density at radius 2 is 2.11 bits per heavy atom. The minimum Gasteiger partial charge on any atom is -0.468 e. The molecule has 1 amide bonds. The van der Waals surface area contributed by atoms with Gasteiger partial charge in [0.1, 0.15) is 5.76 Å². The van der Waals surface area contributed by atoms with E-state index in [2.05, 4.69) is 21.9 Å². The maximum Gasteiger partial charge on any atom is 0.241 e. The fourth-order valence-corrected chi connectivity index (χ4v) is 4.22. The van der Waals surface area contributed by atoms with Crippen LogP contribution in [0, 0.1) is 0 Å². The van der Waals surface area contributed by atoms with Gasteiger partial charge < -0.3 is 9.73 Å². The van der Waals surface area contributed by atoms with E-state index in [1.807, 2.05) is 0 Å². The Kier molecular flexibility index (Phi) is 6.30. The molecule has 8 heteroatoms. The highest BCUT2D eigenvalue weighted by Crippen LogP contribution is 2.18. The zero-order valence-corrected chi connectivity index (χ0v) is 16.2. The summed E-state index contributed by atoms with van der Waals surface area (Å²) in [5.41, 5.74) is 0.463. The normalized spacial score (nSPS) is 18.3. The summed E-state index contributed by atoms with van der Waals surface area (Å²) in [5.74, 6) is 0.389. The van der Waals surface area contributed by atoms with Crippen LogP contribution in [0.15, 0.2) is 52.0 Å². The molecule has 2 heterocycles. The molecule has 146 valence electrons. The Labute approximate surface area is 159 Å². The summed E-state index contributed by atoms with van der Waals surface area (Å²) in [6.07, 6.45) is 4.89. The number of amides is 1. The van der Waals surface area contributed by atoms with Crippen molar-refractivity contribution in [2.45, 2.75) is 43.7 Å². The highest BCUT2D eigenvalue weighted by Gasteiger charge is 2.21. The molecule has 0 radical (unpaired) electrons. The van der Waals surface area contributed by atoms with Crippen molar-refractivity contribution in [1.82, 2.24) is 9.62 Å². The average Bonchev–Trinajstić information content (AvgIpc) is 3.16. The molecule has 0 spiro atoms. The number of carbonyl (C=O) groups excluding carboxylic acids is 1. The topological polar surface area (TPSA) is 91.7 Å².